The van der Waals surface area contributed by atoms with Crippen molar-refractivity contribution in [3.05, 3.63) is 12.7 Å². The number of ether oxygens (including phenoxy) is 2. The van der Waals surface area contributed by atoms with E-state index in [4.69, 9.17) is 9.47 Å². The fourth-order valence-corrected chi connectivity index (χ4v) is 1.03. The first-order chi connectivity index (χ1) is 7.56. The van der Waals surface area contributed by atoms with E-state index in [2.05, 4.69) is 11.9 Å². The van der Waals surface area contributed by atoms with Gasteiger partial charge in [0.05, 0.1) is 32.0 Å². The Morgan fingerprint density at radius 3 is 2.56 bits per heavy atom. The Morgan fingerprint density at radius 1 is 1.31 bits per heavy atom. The molecule has 0 aliphatic carbocycles. The maximum absolute atomic E-state index is 9.54. The molecule has 16 heavy (non-hydrogen) atoms. The Morgan fingerprint density at radius 2 is 2.00 bits per heavy atom. The van der Waals surface area contributed by atoms with Crippen LogP contribution in [0.3, 0.4) is 0 Å². The van der Waals surface area contributed by atoms with Crippen LogP contribution in [0.2, 0.25) is 0 Å². The van der Waals surface area contributed by atoms with Gasteiger partial charge in [0, 0.05) is 12.6 Å². The smallest absolute Gasteiger partial charge is 0.0897 e. The second-order valence-corrected chi connectivity index (χ2v) is 4.08. The SMILES string of the molecule is C=CC(C)NCC(O)COCCOC(C)C. The number of rotatable bonds is 10. The van der Waals surface area contributed by atoms with Gasteiger partial charge in [0.25, 0.3) is 0 Å². The van der Waals surface area contributed by atoms with Crippen molar-refractivity contribution in [2.24, 2.45) is 0 Å². The summed E-state index contributed by atoms with van der Waals surface area (Å²) in [5, 5.41) is 12.7. The normalized spacial score (nSPS) is 15.1. The molecule has 4 heteroatoms. The zero-order valence-corrected chi connectivity index (χ0v) is 10.6. The van der Waals surface area contributed by atoms with E-state index in [1.165, 1.54) is 0 Å². The van der Waals surface area contributed by atoms with Gasteiger partial charge in [0.2, 0.25) is 0 Å². The summed E-state index contributed by atoms with van der Waals surface area (Å²) in [6, 6.07) is 0.207. The van der Waals surface area contributed by atoms with Gasteiger partial charge in [0.1, 0.15) is 0 Å². The molecule has 2 unspecified atom stereocenters. The molecule has 2 atom stereocenters. The molecule has 0 saturated heterocycles. The van der Waals surface area contributed by atoms with Crippen molar-refractivity contribution in [2.45, 2.75) is 39.0 Å². The molecule has 4 nitrogen and oxygen atoms in total. The summed E-state index contributed by atoms with van der Waals surface area (Å²) in [6.07, 6.45) is 1.54. The van der Waals surface area contributed by atoms with Crippen LogP contribution in [0.5, 0.6) is 0 Å². The number of hydrogen-bond donors (Lipinski definition) is 2. The molecular weight excluding hydrogens is 206 g/mol. The van der Waals surface area contributed by atoms with Crippen LogP contribution < -0.4 is 5.32 Å². The molecule has 0 bridgehead atoms. The quantitative estimate of drug-likeness (QED) is 0.434. The summed E-state index contributed by atoms with van der Waals surface area (Å²) in [7, 11) is 0. The number of aliphatic hydroxyl groups is 1. The lowest BCUT2D eigenvalue weighted by Crippen LogP contribution is -2.35. The van der Waals surface area contributed by atoms with E-state index in [1.54, 1.807) is 6.08 Å². The van der Waals surface area contributed by atoms with Crippen LogP contribution in [-0.2, 0) is 9.47 Å². The second-order valence-electron chi connectivity index (χ2n) is 4.08. The summed E-state index contributed by atoms with van der Waals surface area (Å²) < 4.78 is 10.6. The molecule has 0 fully saturated rings. The summed E-state index contributed by atoms with van der Waals surface area (Å²) in [5.41, 5.74) is 0. The van der Waals surface area contributed by atoms with E-state index in [0.717, 1.165) is 0 Å². The topological polar surface area (TPSA) is 50.7 Å². The fourth-order valence-electron chi connectivity index (χ4n) is 1.03. The predicted molar refractivity (Wildman–Crippen MR) is 65.6 cm³/mol. The van der Waals surface area contributed by atoms with Crippen molar-refractivity contribution in [1.29, 1.82) is 0 Å². The van der Waals surface area contributed by atoms with E-state index in [1.807, 2.05) is 20.8 Å². The highest BCUT2D eigenvalue weighted by molar-refractivity contribution is 4.81. The fraction of sp³-hybridized carbons (Fsp3) is 0.833. The van der Waals surface area contributed by atoms with Crippen molar-refractivity contribution >= 4 is 0 Å². The Balaban J connectivity index is 3.30. The lowest BCUT2D eigenvalue weighted by atomic mass is 10.3. The van der Waals surface area contributed by atoms with Crippen LogP contribution in [0.15, 0.2) is 12.7 Å². The number of nitrogens with one attached hydrogen (secondary N) is 1. The first-order valence-electron chi connectivity index (χ1n) is 5.79. The summed E-state index contributed by atoms with van der Waals surface area (Å²) >= 11 is 0. The van der Waals surface area contributed by atoms with E-state index in [-0.39, 0.29) is 12.1 Å². The van der Waals surface area contributed by atoms with Gasteiger partial charge in [-0.2, -0.15) is 0 Å². The van der Waals surface area contributed by atoms with Gasteiger partial charge >= 0.3 is 0 Å². The van der Waals surface area contributed by atoms with Crippen LogP contribution >= 0.6 is 0 Å². The van der Waals surface area contributed by atoms with E-state index < -0.39 is 6.10 Å². The van der Waals surface area contributed by atoms with Gasteiger partial charge in [-0.15, -0.1) is 6.58 Å². The Bertz CT molecular complexity index is 174. The van der Waals surface area contributed by atoms with Crippen LogP contribution in [0.1, 0.15) is 20.8 Å². The number of aliphatic hydroxyl groups excluding tert-OH is 1. The average molecular weight is 231 g/mol. The Kier molecular flexibility index (Phi) is 9.52. The first-order valence-corrected chi connectivity index (χ1v) is 5.79. The average Bonchev–Trinajstić information content (AvgIpc) is 2.24. The molecule has 0 aromatic rings. The van der Waals surface area contributed by atoms with Crippen molar-refractivity contribution in [3.8, 4) is 0 Å². The monoisotopic (exact) mass is 231 g/mol. The van der Waals surface area contributed by atoms with E-state index in [9.17, 15) is 5.11 Å². The number of hydrogen-bond acceptors (Lipinski definition) is 4. The second kappa shape index (κ2) is 9.78. The third kappa shape index (κ3) is 10.1. The molecule has 0 aromatic heterocycles. The van der Waals surface area contributed by atoms with Crippen LogP contribution in [0, 0.1) is 0 Å². The zero-order valence-electron chi connectivity index (χ0n) is 10.6. The molecule has 0 amide bonds. The largest absolute Gasteiger partial charge is 0.389 e. The van der Waals surface area contributed by atoms with Gasteiger partial charge in [-0.25, -0.2) is 0 Å². The molecule has 0 rings (SSSR count). The standard InChI is InChI=1S/C12H25NO3/c1-5-11(4)13-8-12(14)9-15-6-7-16-10(2)3/h5,10-14H,1,6-9H2,2-4H3. The minimum atomic E-state index is -0.485. The highest BCUT2D eigenvalue weighted by atomic mass is 16.5. The highest BCUT2D eigenvalue weighted by Crippen LogP contribution is 1.90. The minimum Gasteiger partial charge on any atom is -0.389 e. The van der Waals surface area contributed by atoms with Gasteiger partial charge in [-0.1, -0.05) is 6.08 Å². The molecule has 0 saturated carbocycles. The molecule has 96 valence electrons. The molecule has 0 aliphatic rings. The maximum Gasteiger partial charge on any atom is 0.0897 e. The Labute approximate surface area is 98.6 Å². The molecular formula is C12H25NO3. The molecule has 0 radical (unpaired) electrons. The highest BCUT2D eigenvalue weighted by Gasteiger charge is 2.05. The molecule has 0 heterocycles. The van der Waals surface area contributed by atoms with Crippen LogP contribution in [0.25, 0.3) is 0 Å². The summed E-state index contributed by atoms with van der Waals surface area (Å²) in [6.45, 7) is 11.5. The summed E-state index contributed by atoms with van der Waals surface area (Å²) in [5.74, 6) is 0. The van der Waals surface area contributed by atoms with Gasteiger partial charge in [-0.05, 0) is 20.8 Å². The summed E-state index contributed by atoms with van der Waals surface area (Å²) in [4.78, 5) is 0. The van der Waals surface area contributed by atoms with Crippen molar-refractivity contribution in [1.82, 2.24) is 5.32 Å². The Hall–Kier alpha value is -0.420. The lowest BCUT2D eigenvalue weighted by molar-refractivity contribution is -0.0102. The third-order valence-electron chi connectivity index (χ3n) is 2.02. The van der Waals surface area contributed by atoms with Crippen molar-refractivity contribution in [2.75, 3.05) is 26.4 Å². The van der Waals surface area contributed by atoms with E-state index >= 15 is 0 Å². The van der Waals surface area contributed by atoms with Crippen molar-refractivity contribution < 1.29 is 14.6 Å². The predicted octanol–water partition coefficient (Wildman–Crippen LogP) is 0.953. The molecule has 0 spiro atoms. The van der Waals surface area contributed by atoms with Gasteiger partial charge in [-0.3, -0.25) is 0 Å². The minimum absolute atomic E-state index is 0.207. The van der Waals surface area contributed by atoms with Crippen molar-refractivity contribution in [3.63, 3.8) is 0 Å². The molecule has 0 aliphatic heterocycles. The van der Waals surface area contributed by atoms with E-state index in [0.29, 0.717) is 26.4 Å². The van der Waals surface area contributed by atoms with Gasteiger partial charge < -0.3 is 19.9 Å². The third-order valence-corrected chi connectivity index (χ3v) is 2.02. The molecule has 2 N–H and O–H groups in total. The zero-order chi connectivity index (χ0) is 12.4. The van der Waals surface area contributed by atoms with Crippen LogP contribution in [0.4, 0.5) is 0 Å². The van der Waals surface area contributed by atoms with Gasteiger partial charge in [0.15, 0.2) is 0 Å². The maximum atomic E-state index is 9.54. The molecule has 0 aromatic carbocycles. The first kappa shape index (κ1) is 15.6. The lowest BCUT2D eigenvalue weighted by Gasteiger charge is -2.15. The van der Waals surface area contributed by atoms with Crippen LogP contribution in [-0.4, -0.2) is 49.7 Å².